The van der Waals surface area contributed by atoms with E-state index in [1.54, 1.807) is 60.7 Å². The Morgan fingerprint density at radius 3 is 1.92 bits per heavy atom. The molecule has 18 heteroatoms. The summed E-state index contributed by atoms with van der Waals surface area (Å²) >= 11 is 0. The van der Waals surface area contributed by atoms with Crippen LogP contribution in [0.2, 0.25) is 0 Å². The Kier molecular flexibility index (Phi) is 15.5. The Morgan fingerprint density at radius 2 is 1.34 bits per heavy atom. The van der Waals surface area contributed by atoms with Crippen molar-refractivity contribution in [2.75, 3.05) is 6.61 Å². The number of hydrogen-bond donors (Lipinski definition) is 5. The van der Waals surface area contributed by atoms with E-state index in [0.29, 0.717) is 0 Å². The molecule has 4 aromatic rings. The number of carboxylic acid groups (broad SMARTS) is 1. The second-order valence-corrected chi connectivity index (χ2v) is 16.0. The van der Waals surface area contributed by atoms with Gasteiger partial charge in [0.15, 0.2) is 24.6 Å². The molecular weight excluding hydrogens is 847 g/mol. The van der Waals surface area contributed by atoms with Gasteiger partial charge in [0.25, 0.3) is 11.5 Å². The zero-order valence-electron chi connectivity index (χ0n) is 35.0. The molecule has 1 amide bonds. The van der Waals surface area contributed by atoms with E-state index >= 15 is 0 Å². The molecule has 0 bridgehead atoms. The monoisotopic (exact) mass is 895 g/mol. The molecule has 1 saturated carbocycles. The van der Waals surface area contributed by atoms with Crippen molar-refractivity contribution in [3.05, 3.63) is 152 Å². The summed E-state index contributed by atoms with van der Waals surface area (Å²) < 4.78 is 37.4. The first-order chi connectivity index (χ1) is 31.4. The average Bonchev–Trinajstić information content (AvgIpc) is 3.31. The number of carbonyl (C=O) groups is 5. The summed E-state index contributed by atoms with van der Waals surface area (Å²) in [5, 5.41) is 24.9. The van der Waals surface area contributed by atoms with E-state index < -0.39 is 103 Å². The number of H-pyrrole nitrogens is 2. The van der Waals surface area contributed by atoms with E-state index in [-0.39, 0.29) is 41.1 Å². The highest BCUT2D eigenvalue weighted by molar-refractivity contribution is 5.92. The molecule has 1 aliphatic heterocycles. The Hall–Kier alpha value is -6.73. The highest BCUT2D eigenvalue weighted by atomic mass is 16.7. The molecule has 3 aromatic carbocycles. The normalized spacial score (nSPS) is 24.8. The van der Waals surface area contributed by atoms with Crippen molar-refractivity contribution < 1.29 is 62.6 Å². The molecule has 1 saturated heterocycles. The van der Waals surface area contributed by atoms with Crippen LogP contribution in [0.25, 0.3) is 0 Å². The molecule has 0 radical (unpaired) electrons. The molecule has 8 unspecified atom stereocenters. The summed E-state index contributed by atoms with van der Waals surface area (Å²) in [4.78, 5) is 95.6. The molecule has 2 fully saturated rings. The minimum atomic E-state index is -1.74. The molecule has 0 spiro atoms. The molecule has 342 valence electrons. The summed E-state index contributed by atoms with van der Waals surface area (Å²) in [5.41, 5.74) is -1.76. The molecule has 9 atom stereocenters. The summed E-state index contributed by atoms with van der Waals surface area (Å²) in [6, 6.07) is 23.5. The van der Waals surface area contributed by atoms with Crippen molar-refractivity contribution in [3.63, 3.8) is 0 Å². The van der Waals surface area contributed by atoms with Crippen LogP contribution in [0.5, 0.6) is 0 Å². The number of amides is 1. The predicted molar refractivity (Wildman–Crippen MR) is 228 cm³/mol. The zero-order chi connectivity index (χ0) is 45.9. The van der Waals surface area contributed by atoms with E-state index in [1.807, 2.05) is 4.98 Å². The number of aromatic nitrogens is 2. The van der Waals surface area contributed by atoms with Crippen LogP contribution in [-0.4, -0.2) is 112 Å². The SMILES string of the molecule is O=C(OCC1OC(OC2CC=CC(NC(=O)c3cc(=O)[nH]c(=O)[nH]3)C2O)C(OC(=O)c2ccccc2)C(O[C@@H](CC2CCCCC2)C(=O)O)C1OC(=O)c1ccccc1)c1ccccc1. The van der Waals surface area contributed by atoms with Gasteiger partial charge in [-0.15, -0.1) is 0 Å². The molecule has 18 nitrogen and oxygen atoms in total. The number of hydrogen-bond acceptors (Lipinski definition) is 14. The number of rotatable bonds is 16. The van der Waals surface area contributed by atoms with Crippen LogP contribution < -0.4 is 16.6 Å². The zero-order valence-corrected chi connectivity index (χ0v) is 35.0. The standard InChI is InChI=1S/C47H49N3O15/c51-36-25-32(49-47(59)50-36)41(53)48-31-22-13-23-33(37(31)52)62-46-40(65-45(58)30-20-11-4-12-21-30)39(61-34(42(54)55)24-27-14-5-1-6-15-27)38(64-44(57)29-18-9-3-10-19-29)35(63-46)26-60-43(56)28-16-7-2-8-17-28/h2-4,7-13,16-22,25,27,31,33-35,37-40,46,52H,1,5-6,14-15,23-24,26H2,(H,48,53)(H,54,55)(H2,49,50,51,59)/t31?,33?,34-,35?,37?,38?,39?,40?,46?/m0/s1. The molecule has 5 N–H and O–H groups in total. The van der Waals surface area contributed by atoms with Gasteiger partial charge in [-0.3, -0.25) is 14.6 Å². The van der Waals surface area contributed by atoms with Crippen LogP contribution in [0.4, 0.5) is 0 Å². The molecule has 3 aliphatic rings. The van der Waals surface area contributed by atoms with Crippen molar-refractivity contribution in [1.29, 1.82) is 0 Å². The Labute approximate surface area is 371 Å². The largest absolute Gasteiger partial charge is 0.479 e. The van der Waals surface area contributed by atoms with Gasteiger partial charge in [0.2, 0.25) is 0 Å². The van der Waals surface area contributed by atoms with Crippen molar-refractivity contribution >= 4 is 29.8 Å². The molecule has 2 aliphatic carbocycles. The number of aliphatic carboxylic acids is 1. The van der Waals surface area contributed by atoms with E-state index in [4.69, 9.17) is 28.4 Å². The van der Waals surface area contributed by atoms with Gasteiger partial charge in [-0.2, -0.15) is 0 Å². The maximum Gasteiger partial charge on any atom is 0.338 e. The van der Waals surface area contributed by atoms with Crippen LogP contribution in [0, 0.1) is 5.92 Å². The summed E-state index contributed by atoms with van der Waals surface area (Å²) in [6.45, 7) is -0.611. The minimum Gasteiger partial charge on any atom is -0.479 e. The van der Waals surface area contributed by atoms with Gasteiger partial charge >= 0.3 is 29.6 Å². The second kappa shape index (κ2) is 21.8. The van der Waals surface area contributed by atoms with E-state index in [9.17, 15) is 43.8 Å². The van der Waals surface area contributed by atoms with Gasteiger partial charge in [0, 0.05) is 6.07 Å². The summed E-state index contributed by atoms with van der Waals surface area (Å²) in [7, 11) is 0. The van der Waals surface area contributed by atoms with Gasteiger partial charge in [-0.05, 0) is 55.2 Å². The number of esters is 3. The number of benzene rings is 3. The Bertz CT molecular complexity index is 2390. The van der Waals surface area contributed by atoms with Crippen molar-refractivity contribution in [2.45, 2.75) is 100 Å². The van der Waals surface area contributed by atoms with Crippen LogP contribution in [0.1, 0.15) is 86.5 Å². The lowest BCUT2D eigenvalue weighted by Gasteiger charge is -2.47. The first kappa shape index (κ1) is 46.3. The lowest BCUT2D eigenvalue weighted by molar-refractivity contribution is -0.324. The Balaban J connectivity index is 1.27. The molecule has 2 heterocycles. The fraction of sp³-hybridized carbons (Fsp3) is 0.383. The van der Waals surface area contributed by atoms with Crippen molar-refractivity contribution in [2.24, 2.45) is 5.92 Å². The van der Waals surface area contributed by atoms with Gasteiger partial charge in [0.1, 0.15) is 30.6 Å². The van der Waals surface area contributed by atoms with Crippen LogP contribution in [0.15, 0.2) is 119 Å². The lowest BCUT2D eigenvalue weighted by atomic mass is 9.85. The van der Waals surface area contributed by atoms with Gasteiger partial charge in [0.05, 0.1) is 28.8 Å². The molecule has 65 heavy (non-hydrogen) atoms. The predicted octanol–water partition coefficient (Wildman–Crippen LogP) is 3.71. The quantitative estimate of drug-likeness (QED) is 0.0610. The van der Waals surface area contributed by atoms with Crippen molar-refractivity contribution in [3.8, 4) is 0 Å². The molecule has 7 rings (SSSR count). The second-order valence-electron chi connectivity index (χ2n) is 16.0. The van der Waals surface area contributed by atoms with Crippen molar-refractivity contribution in [1.82, 2.24) is 15.3 Å². The highest BCUT2D eigenvalue weighted by Crippen LogP contribution is 2.36. The maximum absolute atomic E-state index is 14.0. The van der Waals surface area contributed by atoms with E-state index in [1.165, 1.54) is 42.5 Å². The third kappa shape index (κ3) is 12.1. The third-order valence-electron chi connectivity index (χ3n) is 11.4. The first-order valence-corrected chi connectivity index (χ1v) is 21.4. The fourth-order valence-corrected chi connectivity index (χ4v) is 8.13. The number of carboxylic acids is 1. The molecule has 1 aromatic heterocycles. The first-order valence-electron chi connectivity index (χ1n) is 21.4. The van der Waals surface area contributed by atoms with Gasteiger partial charge < -0.3 is 48.9 Å². The number of aromatic amines is 2. The van der Waals surface area contributed by atoms with E-state index in [2.05, 4.69) is 10.3 Å². The maximum atomic E-state index is 14.0. The van der Waals surface area contributed by atoms with Crippen LogP contribution >= 0.6 is 0 Å². The topological polar surface area (TPSA) is 259 Å². The number of ether oxygens (including phenoxy) is 6. The number of nitrogens with one attached hydrogen (secondary N) is 3. The number of carbonyl (C=O) groups excluding carboxylic acids is 4. The number of aliphatic hydroxyl groups is 1. The highest BCUT2D eigenvalue weighted by Gasteiger charge is 2.54. The average molecular weight is 896 g/mol. The third-order valence-corrected chi connectivity index (χ3v) is 11.4. The Morgan fingerprint density at radius 1 is 0.754 bits per heavy atom. The summed E-state index contributed by atoms with van der Waals surface area (Å²) in [5.74, 6) is -4.83. The fourth-order valence-electron chi connectivity index (χ4n) is 8.13. The smallest absolute Gasteiger partial charge is 0.338 e. The minimum absolute atomic E-state index is 0.000374. The van der Waals surface area contributed by atoms with Gasteiger partial charge in [-0.1, -0.05) is 98.9 Å². The van der Waals surface area contributed by atoms with Gasteiger partial charge in [-0.25, -0.2) is 24.0 Å². The molecular formula is C47H49N3O15. The number of aliphatic hydroxyl groups excluding tert-OH is 1. The lowest BCUT2D eigenvalue weighted by Crippen LogP contribution is -2.64. The summed E-state index contributed by atoms with van der Waals surface area (Å²) in [6.07, 6.45) is -5.11. The van der Waals surface area contributed by atoms with Crippen LogP contribution in [-0.2, 0) is 33.2 Å². The van der Waals surface area contributed by atoms with E-state index in [0.717, 1.165) is 38.2 Å². The van der Waals surface area contributed by atoms with Crippen LogP contribution in [0.3, 0.4) is 0 Å².